The third kappa shape index (κ3) is 3.42. The normalized spacial score (nSPS) is 12.5. The van der Waals surface area contributed by atoms with Crippen molar-refractivity contribution < 1.29 is 4.92 Å². The molecular formula is C12H19N3O2. The number of para-hydroxylation sites is 1. The number of likely N-dealkylation sites (N-methyl/N-ethyl adjacent to an activating group) is 1. The molecule has 0 bridgehead atoms. The van der Waals surface area contributed by atoms with Crippen molar-refractivity contribution in [3.63, 3.8) is 0 Å². The lowest BCUT2D eigenvalue weighted by Gasteiger charge is -2.21. The van der Waals surface area contributed by atoms with Crippen LogP contribution in [-0.4, -0.2) is 36.5 Å². The second-order valence-corrected chi connectivity index (χ2v) is 4.42. The van der Waals surface area contributed by atoms with E-state index in [9.17, 15) is 10.1 Å². The quantitative estimate of drug-likeness (QED) is 0.630. The van der Waals surface area contributed by atoms with Gasteiger partial charge in [-0.1, -0.05) is 12.1 Å². The molecule has 0 saturated heterocycles. The number of anilines is 1. The van der Waals surface area contributed by atoms with E-state index < -0.39 is 0 Å². The van der Waals surface area contributed by atoms with Crippen LogP contribution in [0.4, 0.5) is 11.4 Å². The van der Waals surface area contributed by atoms with Crippen LogP contribution in [0.5, 0.6) is 0 Å². The van der Waals surface area contributed by atoms with E-state index in [1.165, 1.54) is 6.07 Å². The average molecular weight is 237 g/mol. The Labute approximate surface area is 102 Å². The van der Waals surface area contributed by atoms with Crippen molar-refractivity contribution >= 4 is 11.4 Å². The molecule has 0 amide bonds. The van der Waals surface area contributed by atoms with Gasteiger partial charge in [-0.3, -0.25) is 10.1 Å². The molecule has 1 atom stereocenters. The summed E-state index contributed by atoms with van der Waals surface area (Å²) >= 11 is 0. The highest BCUT2D eigenvalue weighted by Gasteiger charge is 2.16. The minimum Gasteiger partial charge on any atom is -0.378 e. The van der Waals surface area contributed by atoms with Crippen LogP contribution in [-0.2, 0) is 0 Å². The van der Waals surface area contributed by atoms with Crippen LogP contribution < -0.4 is 5.32 Å². The Hall–Kier alpha value is -1.62. The van der Waals surface area contributed by atoms with Gasteiger partial charge in [-0.2, -0.15) is 0 Å². The van der Waals surface area contributed by atoms with E-state index in [4.69, 9.17) is 0 Å². The van der Waals surface area contributed by atoms with Crippen molar-refractivity contribution in [1.82, 2.24) is 4.90 Å². The summed E-state index contributed by atoms with van der Waals surface area (Å²) < 4.78 is 0. The second kappa shape index (κ2) is 5.63. The Bertz CT molecular complexity index is 405. The zero-order valence-corrected chi connectivity index (χ0v) is 10.7. The van der Waals surface area contributed by atoms with Gasteiger partial charge >= 0.3 is 0 Å². The number of nitrogens with zero attached hydrogens (tertiary/aromatic N) is 2. The lowest BCUT2D eigenvalue weighted by molar-refractivity contribution is -0.384. The van der Waals surface area contributed by atoms with Gasteiger partial charge in [0, 0.05) is 18.7 Å². The second-order valence-electron chi connectivity index (χ2n) is 4.42. The SMILES string of the molecule is Cc1cccc([N+](=O)[O-])c1NCC(C)N(C)C. The summed E-state index contributed by atoms with van der Waals surface area (Å²) in [6.07, 6.45) is 0. The van der Waals surface area contributed by atoms with Gasteiger partial charge in [-0.15, -0.1) is 0 Å². The van der Waals surface area contributed by atoms with Crippen LogP contribution in [0.2, 0.25) is 0 Å². The number of nitrogens with one attached hydrogen (secondary N) is 1. The molecule has 1 aromatic carbocycles. The predicted octanol–water partition coefficient (Wildman–Crippen LogP) is 2.27. The van der Waals surface area contributed by atoms with E-state index in [1.807, 2.05) is 27.1 Å². The summed E-state index contributed by atoms with van der Waals surface area (Å²) in [6.45, 7) is 4.62. The van der Waals surface area contributed by atoms with Crippen molar-refractivity contribution in [3.8, 4) is 0 Å². The molecule has 94 valence electrons. The molecule has 1 aromatic rings. The van der Waals surface area contributed by atoms with Crippen molar-refractivity contribution in [2.24, 2.45) is 0 Å². The highest BCUT2D eigenvalue weighted by atomic mass is 16.6. The van der Waals surface area contributed by atoms with Crippen molar-refractivity contribution in [1.29, 1.82) is 0 Å². The number of benzene rings is 1. The van der Waals surface area contributed by atoms with Crippen LogP contribution in [0.1, 0.15) is 12.5 Å². The minimum atomic E-state index is -0.352. The van der Waals surface area contributed by atoms with Gasteiger partial charge in [0.05, 0.1) is 4.92 Å². The van der Waals surface area contributed by atoms with Crippen molar-refractivity contribution in [2.45, 2.75) is 19.9 Å². The first kappa shape index (κ1) is 13.4. The molecule has 0 radical (unpaired) electrons. The van der Waals surface area contributed by atoms with Gasteiger partial charge in [-0.05, 0) is 33.5 Å². The van der Waals surface area contributed by atoms with Gasteiger partial charge in [0.2, 0.25) is 0 Å². The smallest absolute Gasteiger partial charge is 0.292 e. The Morgan fingerprint density at radius 2 is 2.12 bits per heavy atom. The molecule has 0 saturated carbocycles. The summed E-state index contributed by atoms with van der Waals surface area (Å²) in [7, 11) is 3.97. The van der Waals surface area contributed by atoms with E-state index in [0.717, 1.165) is 5.56 Å². The number of hydrogen-bond donors (Lipinski definition) is 1. The third-order valence-corrected chi connectivity index (χ3v) is 2.90. The van der Waals surface area contributed by atoms with Gasteiger partial charge in [0.1, 0.15) is 5.69 Å². The Kier molecular flexibility index (Phi) is 4.45. The maximum Gasteiger partial charge on any atom is 0.292 e. The fourth-order valence-electron chi connectivity index (χ4n) is 1.47. The summed E-state index contributed by atoms with van der Waals surface area (Å²) in [5, 5.41) is 14.1. The summed E-state index contributed by atoms with van der Waals surface area (Å²) in [5.74, 6) is 0. The van der Waals surface area contributed by atoms with Crippen LogP contribution in [0, 0.1) is 17.0 Å². The summed E-state index contributed by atoms with van der Waals surface area (Å²) in [6, 6.07) is 5.41. The van der Waals surface area contributed by atoms with E-state index in [1.54, 1.807) is 6.07 Å². The minimum absolute atomic E-state index is 0.135. The predicted molar refractivity (Wildman–Crippen MR) is 69.5 cm³/mol. The third-order valence-electron chi connectivity index (χ3n) is 2.90. The Morgan fingerprint density at radius 3 is 2.65 bits per heavy atom. The Morgan fingerprint density at radius 1 is 1.47 bits per heavy atom. The topological polar surface area (TPSA) is 58.4 Å². The molecule has 17 heavy (non-hydrogen) atoms. The molecular weight excluding hydrogens is 218 g/mol. The van der Waals surface area contributed by atoms with Crippen LogP contribution in [0.25, 0.3) is 0 Å². The molecule has 0 heterocycles. The largest absolute Gasteiger partial charge is 0.378 e. The monoisotopic (exact) mass is 237 g/mol. The average Bonchev–Trinajstić information content (AvgIpc) is 2.26. The van der Waals surface area contributed by atoms with E-state index in [-0.39, 0.29) is 10.6 Å². The summed E-state index contributed by atoms with van der Waals surface area (Å²) in [4.78, 5) is 12.6. The highest BCUT2D eigenvalue weighted by Crippen LogP contribution is 2.27. The van der Waals surface area contributed by atoms with Crippen LogP contribution in [0.3, 0.4) is 0 Å². The molecule has 1 unspecified atom stereocenters. The molecule has 0 aliphatic carbocycles. The molecule has 0 spiro atoms. The maximum absolute atomic E-state index is 10.9. The zero-order valence-electron chi connectivity index (χ0n) is 10.7. The fraction of sp³-hybridized carbons (Fsp3) is 0.500. The van der Waals surface area contributed by atoms with Crippen LogP contribution in [0.15, 0.2) is 18.2 Å². The van der Waals surface area contributed by atoms with Gasteiger partial charge in [-0.25, -0.2) is 0 Å². The number of hydrogen-bond acceptors (Lipinski definition) is 4. The van der Waals surface area contributed by atoms with Gasteiger partial charge in [0.15, 0.2) is 0 Å². The number of aryl methyl sites for hydroxylation is 1. The molecule has 0 fully saturated rings. The maximum atomic E-state index is 10.9. The van der Waals surface area contributed by atoms with E-state index in [2.05, 4.69) is 17.1 Å². The van der Waals surface area contributed by atoms with E-state index in [0.29, 0.717) is 18.3 Å². The lowest BCUT2D eigenvalue weighted by Crippen LogP contribution is -2.31. The van der Waals surface area contributed by atoms with Crippen molar-refractivity contribution in [2.75, 3.05) is 26.0 Å². The number of nitro groups is 1. The standard InChI is InChI=1S/C12H19N3O2/c1-9-6-5-7-11(15(16)17)12(9)13-8-10(2)14(3)4/h5-7,10,13H,8H2,1-4H3. The number of rotatable bonds is 5. The summed E-state index contributed by atoms with van der Waals surface area (Å²) in [5.41, 5.74) is 1.65. The lowest BCUT2D eigenvalue weighted by atomic mass is 10.1. The first-order chi connectivity index (χ1) is 7.93. The molecule has 0 aliphatic rings. The molecule has 1 rings (SSSR count). The first-order valence-corrected chi connectivity index (χ1v) is 5.57. The first-order valence-electron chi connectivity index (χ1n) is 5.57. The van der Waals surface area contributed by atoms with Crippen LogP contribution >= 0.6 is 0 Å². The zero-order chi connectivity index (χ0) is 13.0. The molecule has 5 heteroatoms. The molecule has 0 aromatic heterocycles. The molecule has 1 N–H and O–H groups in total. The van der Waals surface area contributed by atoms with Crippen molar-refractivity contribution in [3.05, 3.63) is 33.9 Å². The van der Waals surface area contributed by atoms with Gasteiger partial charge < -0.3 is 10.2 Å². The number of nitro benzene ring substituents is 1. The fourth-order valence-corrected chi connectivity index (χ4v) is 1.47. The van der Waals surface area contributed by atoms with E-state index >= 15 is 0 Å². The van der Waals surface area contributed by atoms with Gasteiger partial charge in [0.25, 0.3) is 5.69 Å². The molecule has 0 aliphatic heterocycles. The Balaban J connectivity index is 2.86. The molecule has 5 nitrogen and oxygen atoms in total. The highest BCUT2D eigenvalue weighted by molar-refractivity contribution is 5.65.